The number of halogens is 1. The van der Waals surface area contributed by atoms with Gasteiger partial charge in [0.1, 0.15) is 5.75 Å². The topological polar surface area (TPSA) is 38.5 Å². The van der Waals surface area contributed by atoms with Crippen molar-refractivity contribution in [2.24, 2.45) is 5.10 Å². The third-order valence-electron chi connectivity index (χ3n) is 5.31. The molecule has 30 heavy (non-hydrogen) atoms. The van der Waals surface area contributed by atoms with Crippen molar-refractivity contribution in [1.82, 2.24) is 9.99 Å². The van der Waals surface area contributed by atoms with Crippen LogP contribution in [0.2, 0.25) is 5.02 Å². The Balaban J connectivity index is 1.61. The second-order valence-corrected chi connectivity index (χ2v) is 7.51. The van der Waals surface area contributed by atoms with Gasteiger partial charge in [0.15, 0.2) is 0 Å². The molecule has 5 heteroatoms. The number of ether oxygens (including phenoxy) is 1. The maximum Gasteiger partial charge on any atom is 0.123 e. The summed E-state index contributed by atoms with van der Waals surface area (Å²) in [5.41, 5.74) is 8.73. The summed E-state index contributed by atoms with van der Waals surface area (Å²) in [6, 6.07) is 24.3. The Morgan fingerprint density at radius 1 is 0.967 bits per heavy atom. The van der Waals surface area contributed by atoms with Crippen LogP contribution in [0.1, 0.15) is 22.4 Å². The molecule has 0 saturated heterocycles. The van der Waals surface area contributed by atoms with Crippen molar-refractivity contribution in [3.63, 3.8) is 0 Å². The van der Waals surface area contributed by atoms with Crippen LogP contribution in [0.5, 0.6) is 5.75 Å². The van der Waals surface area contributed by atoms with E-state index in [9.17, 15) is 0 Å². The lowest BCUT2D eigenvalue weighted by molar-refractivity contribution is 0.408. The first-order valence-corrected chi connectivity index (χ1v) is 10.3. The maximum absolute atomic E-state index is 6.41. The van der Waals surface area contributed by atoms with Gasteiger partial charge in [-0.25, -0.2) is 0 Å². The first-order valence-electron chi connectivity index (χ1n) is 9.88. The highest BCUT2D eigenvalue weighted by molar-refractivity contribution is 6.31. The van der Waals surface area contributed by atoms with Crippen molar-refractivity contribution in [3.8, 4) is 5.75 Å². The quantitative estimate of drug-likeness (QED) is 0.305. The number of rotatable bonds is 7. The van der Waals surface area contributed by atoms with Gasteiger partial charge in [-0.2, -0.15) is 5.10 Å². The van der Waals surface area contributed by atoms with Gasteiger partial charge in [0, 0.05) is 39.3 Å². The molecule has 4 aromatic rings. The summed E-state index contributed by atoms with van der Waals surface area (Å²) >= 11 is 6.41. The molecule has 0 amide bonds. The molecule has 0 aliphatic carbocycles. The summed E-state index contributed by atoms with van der Waals surface area (Å²) in [5, 5.41) is 6.44. The van der Waals surface area contributed by atoms with Gasteiger partial charge >= 0.3 is 0 Å². The van der Waals surface area contributed by atoms with Crippen molar-refractivity contribution >= 4 is 28.7 Å². The van der Waals surface area contributed by atoms with Crippen LogP contribution in [0.4, 0.5) is 0 Å². The standard InChI is InChI=1S/C25H24ClN3O/c1-18-22(16-28-27-15-19-9-4-8-14-25(19)30-2)21-11-5-7-13-24(21)29(18)17-20-10-3-6-12-23(20)26/h3-14,16,27H,15,17H2,1-2H3/b28-16+. The molecule has 0 atom stereocenters. The minimum Gasteiger partial charge on any atom is -0.496 e. The minimum atomic E-state index is 0.595. The van der Waals surface area contributed by atoms with E-state index < -0.39 is 0 Å². The highest BCUT2D eigenvalue weighted by Crippen LogP contribution is 2.27. The SMILES string of the molecule is COc1ccccc1CN/N=C/c1c(C)n(Cc2ccccc2Cl)c2ccccc12. The Morgan fingerprint density at radius 3 is 2.47 bits per heavy atom. The predicted molar refractivity (Wildman–Crippen MR) is 125 cm³/mol. The van der Waals surface area contributed by atoms with Crippen LogP contribution < -0.4 is 10.2 Å². The number of nitrogens with one attached hydrogen (secondary N) is 1. The van der Waals surface area contributed by atoms with Crippen LogP contribution in [0, 0.1) is 6.92 Å². The first-order chi connectivity index (χ1) is 14.7. The lowest BCUT2D eigenvalue weighted by Crippen LogP contribution is -2.07. The van der Waals surface area contributed by atoms with Crippen LogP contribution in [0.15, 0.2) is 77.9 Å². The van der Waals surface area contributed by atoms with Gasteiger partial charge in [-0.15, -0.1) is 0 Å². The van der Waals surface area contributed by atoms with Crippen LogP contribution in [0.3, 0.4) is 0 Å². The fourth-order valence-electron chi connectivity index (χ4n) is 3.71. The summed E-state index contributed by atoms with van der Waals surface area (Å²) in [6.45, 7) is 3.44. The van der Waals surface area contributed by atoms with Gasteiger partial charge in [-0.3, -0.25) is 0 Å². The maximum atomic E-state index is 6.41. The summed E-state index contributed by atoms with van der Waals surface area (Å²) in [4.78, 5) is 0. The second-order valence-electron chi connectivity index (χ2n) is 7.10. The number of benzene rings is 3. The monoisotopic (exact) mass is 417 g/mol. The molecule has 4 nitrogen and oxygen atoms in total. The number of para-hydroxylation sites is 2. The van der Waals surface area contributed by atoms with Crippen molar-refractivity contribution in [3.05, 3.63) is 100 Å². The van der Waals surface area contributed by atoms with Gasteiger partial charge in [0.25, 0.3) is 0 Å². The van der Waals surface area contributed by atoms with E-state index in [1.54, 1.807) is 7.11 Å². The Morgan fingerprint density at radius 2 is 1.67 bits per heavy atom. The van der Waals surface area contributed by atoms with E-state index in [1.165, 1.54) is 10.9 Å². The van der Waals surface area contributed by atoms with E-state index in [2.05, 4.69) is 52.3 Å². The zero-order valence-electron chi connectivity index (χ0n) is 17.1. The van der Waals surface area contributed by atoms with Gasteiger partial charge in [0.05, 0.1) is 19.9 Å². The molecule has 0 radical (unpaired) electrons. The van der Waals surface area contributed by atoms with E-state index in [0.29, 0.717) is 13.1 Å². The fraction of sp³-hybridized carbons (Fsp3) is 0.160. The summed E-state index contributed by atoms with van der Waals surface area (Å²) in [7, 11) is 1.68. The predicted octanol–water partition coefficient (Wildman–Crippen LogP) is 5.78. The normalized spacial score (nSPS) is 11.3. The molecule has 0 aliphatic rings. The highest BCUT2D eigenvalue weighted by atomic mass is 35.5. The lowest BCUT2D eigenvalue weighted by Gasteiger charge is -2.10. The van der Waals surface area contributed by atoms with Crippen molar-refractivity contribution in [1.29, 1.82) is 0 Å². The van der Waals surface area contributed by atoms with E-state index in [4.69, 9.17) is 16.3 Å². The molecule has 3 aromatic carbocycles. The van der Waals surface area contributed by atoms with Gasteiger partial charge in [-0.05, 0) is 30.7 Å². The smallest absolute Gasteiger partial charge is 0.123 e. The van der Waals surface area contributed by atoms with E-state index in [1.807, 2.05) is 48.7 Å². The molecule has 0 saturated carbocycles. The molecule has 0 unspecified atom stereocenters. The summed E-state index contributed by atoms with van der Waals surface area (Å²) in [5.74, 6) is 0.854. The Kier molecular flexibility index (Phi) is 6.05. The Hall–Kier alpha value is -3.24. The third-order valence-corrected chi connectivity index (χ3v) is 5.68. The summed E-state index contributed by atoms with van der Waals surface area (Å²) < 4.78 is 7.69. The molecule has 1 N–H and O–H groups in total. The number of fused-ring (bicyclic) bond motifs is 1. The number of hydrogen-bond acceptors (Lipinski definition) is 3. The second kappa shape index (κ2) is 9.06. The van der Waals surface area contributed by atoms with Gasteiger partial charge in [0.2, 0.25) is 0 Å². The molecule has 0 aliphatic heterocycles. The van der Waals surface area contributed by atoms with Crippen LogP contribution in [-0.2, 0) is 13.1 Å². The zero-order chi connectivity index (χ0) is 20.9. The first kappa shape index (κ1) is 20.0. The highest BCUT2D eigenvalue weighted by Gasteiger charge is 2.13. The van der Waals surface area contributed by atoms with E-state index in [0.717, 1.165) is 33.2 Å². The lowest BCUT2D eigenvalue weighted by atomic mass is 10.1. The van der Waals surface area contributed by atoms with E-state index in [-0.39, 0.29) is 0 Å². The van der Waals surface area contributed by atoms with Crippen molar-refractivity contribution in [2.45, 2.75) is 20.0 Å². The molecule has 0 bridgehead atoms. The van der Waals surface area contributed by atoms with Crippen LogP contribution in [-0.4, -0.2) is 17.9 Å². The number of aromatic nitrogens is 1. The molecule has 152 valence electrons. The molecular formula is C25H24ClN3O. The van der Waals surface area contributed by atoms with Gasteiger partial charge in [-0.1, -0.05) is 66.2 Å². The van der Waals surface area contributed by atoms with Crippen molar-refractivity contribution in [2.75, 3.05) is 7.11 Å². The van der Waals surface area contributed by atoms with Crippen molar-refractivity contribution < 1.29 is 4.74 Å². The number of nitrogens with zero attached hydrogens (tertiary/aromatic N) is 2. The molecule has 0 spiro atoms. The fourth-order valence-corrected chi connectivity index (χ4v) is 3.91. The average Bonchev–Trinajstić information content (AvgIpc) is 3.04. The zero-order valence-corrected chi connectivity index (χ0v) is 17.9. The Labute approximate surface area is 181 Å². The third kappa shape index (κ3) is 4.05. The number of hydrazone groups is 1. The molecule has 1 aromatic heterocycles. The van der Waals surface area contributed by atoms with Gasteiger partial charge < -0.3 is 14.7 Å². The van der Waals surface area contributed by atoms with Crippen LogP contribution in [0.25, 0.3) is 10.9 Å². The molecule has 4 rings (SSSR count). The average molecular weight is 418 g/mol. The molecule has 0 fully saturated rings. The minimum absolute atomic E-state index is 0.595. The number of hydrogen-bond donors (Lipinski definition) is 1. The Bertz CT molecular complexity index is 1200. The van der Waals surface area contributed by atoms with E-state index >= 15 is 0 Å². The molecular weight excluding hydrogens is 394 g/mol. The summed E-state index contributed by atoms with van der Waals surface area (Å²) in [6.07, 6.45) is 1.90. The largest absolute Gasteiger partial charge is 0.496 e. The number of methoxy groups -OCH3 is 1. The van der Waals surface area contributed by atoms with Crippen LogP contribution >= 0.6 is 11.6 Å². The molecule has 1 heterocycles.